The first-order valence-corrected chi connectivity index (χ1v) is 9.58. The first-order valence-electron chi connectivity index (χ1n) is 9.58. The SMILES string of the molecule is C#CCN(Cc1ccc(C)cc1)C(=O)C(NC(=O)c1ccc(OC)cc1)C(C)C. The molecule has 0 radical (unpaired) electrons. The highest BCUT2D eigenvalue weighted by Crippen LogP contribution is 2.14. The first-order chi connectivity index (χ1) is 13.8. The molecule has 0 aliphatic rings. The number of nitrogens with zero attached hydrogens (tertiary/aromatic N) is 1. The number of carbonyl (C=O) groups is 2. The van der Waals surface area contributed by atoms with Gasteiger partial charge in [0.05, 0.1) is 13.7 Å². The molecule has 0 saturated heterocycles. The number of hydrogen-bond acceptors (Lipinski definition) is 3. The van der Waals surface area contributed by atoms with Crippen LogP contribution >= 0.6 is 0 Å². The Bertz CT molecular complexity index is 864. The van der Waals surface area contributed by atoms with Crippen LogP contribution in [0.3, 0.4) is 0 Å². The highest BCUT2D eigenvalue weighted by molar-refractivity contribution is 5.97. The number of hydrogen-bond donors (Lipinski definition) is 1. The van der Waals surface area contributed by atoms with Crippen molar-refractivity contribution in [3.8, 4) is 18.1 Å². The number of rotatable bonds is 8. The van der Waals surface area contributed by atoms with E-state index in [0.717, 1.165) is 11.1 Å². The number of methoxy groups -OCH3 is 1. The monoisotopic (exact) mass is 392 g/mol. The number of nitrogens with one attached hydrogen (secondary N) is 1. The Morgan fingerprint density at radius 1 is 1.10 bits per heavy atom. The average Bonchev–Trinajstić information content (AvgIpc) is 2.72. The molecule has 1 unspecified atom stereocenters. The molecule has 0 aromatic heterocycles. The normalized spacial score (nSPS) is 11.4. The van der Waals surface area contributed by atoms with Gasteiger partial charge in [0, 0.05) is 12.1 Å². The summed E-state index contributed by atoms with van der Waals surface area (Å²) in [5.41, 5.74) is 2.60. The lowest BCUT2D eigenvalue weighted by Crippen LogP contribution is -2.51. The molecule has 0 bridgehead atoms. The maximum Gasteiger partial charge on any atom is 0.251 e. The lowest BCUT2D eigenvalue weighted by molar-refractivity contribution is -0.134. The van der Waals surface area contributed by atoms with Crippen molar-refractivity contribution in [1.29, 1.82) is 0 Å². The minimum Gasteiger partial charge on any atom is -0.497 e. The lowest BCUT2D eigenvalue weighted by atomic mass is 10.0. The van der Waals surface area contributed by atoms with Crippen molar-refractivity contribution in [2.75, 3.05) is 13.7 Å². The molecule has 2 rings (SSSR count). The molecule has 2 aromatic carbocycles. The van der Waals surface area contributed by atoms with E-state index in [9.17, 15) is 9.59 Å². The van der Waals surface area contributed by atoms with Gasteiger partial charge in [-0.05, 0) is 42.7 Å². The molecule has 2 aromatic rings. The van der Waals surface area contributed by atoms with Crippen LogP contribution in [0.4, 0.5) is 0 Å². The molecule has 0 aliphatic carbocycles. The van der Waals surface area contributed by atoms with E-state index in [1.807, 2.05) is 45.0 Å². The van der Waals surface area contributed by atoms with Crippen LogP contribution in [0.1, 0.15) is 35.3 Å². The largest absolute Gasteiger partial charge is 0.497 e. The van der Waals surface area contributed by atoms with Crippen LogP contribution in [0, 0.1) is 25.2 Å². The summed E-state index contributed by atoms with van der Waals surface area (Å²) in [5, 5.41) is 2.86. The van der Waals surface area contributed by atoms with Gasteiger partial charge in [-0.3, -0.25) is 9.59 Å². The minimum atomic E-state index is -0.677. The van der Waals surface area contributed by atoms with E-state index in [1.165, 1.54) is 0 Å². The Morgan fingerprint density at radius 3 is 2.24 bits per heavy atom. The van der Waals surface area contributed by atoms with Gasteiger partial charge in [0.1, 0.15) is 11.8 Å². The van der Waals surface area contributed by atoms with Crippen LogP contribution in [-0.2, 0) is 11.3 Å². The van der Waals surface area contributed by atoms with E-state index in [2.05, 4.69) is 11.2 Å². The van der Waals surface area contributed by atoms with E-state index in [4.69, 9.17) is 11.2 Å². The van der Waals surface area contributed by atoms with Gasteiger partial charge >= 0.3 is 0 Å². The second-order valence-electron chi connectivity index (χ2n) is 7.31. The van der Waals surface area contributed by atoms with Gasteiger partial charge < -0.3 is 15.0 Å². The number of aryl methyl sites for hydroxylation is 1. The molecule has 0 spiro atoms. The van der Waals surface area contributed by atoms with Crippen molar-refractivity contribution in [3.05, 3.63) is 65.2 Å². The van der Waals surface area contributed by atoms with E-state index in [0.29, 0.717) is 17.9 Å². The van der Waals surface area contributed by atoms with Crippen molar-refractivity contribution in [3.63, 3.8) is 0 Å². The van der Waals surface area contributed by atoms with E-state index < -0.39 is 6.04 Å². The van der Waals surface area contributed by atoms with Crippen LogP contribution in [0.5, 0.6) is 5.75 Å². The van der Waals surface area contributed by atoms with E-state index in [1.54, 1.807) is 36.3 Å². The maximum atomic E-state index is 13.2. The van der Waals surface area contributed by atoms with Gasteiger partial charge in [-0.1, -0.05) is 49.6 Å². The second-order valence-corrected chi connectivity index (χ2v) is 7.31. The molecule has 0 aliphatic heterocycles. The predicted molar refractivity (Wildman–Crippen MR) is 115 cm³/mol. The summed E-state index contributed by atoms with van der Waals surface area (Å²) >= 11 is 0. The third-order valence-corrected chi connectivity index (χ3v) is 4.66. The number of carbonyl (C=O) groups excluding carboxylic acids is 2. The predicted octanol–water partition coefficient (Wildman–Crippen LogP) is 3.42. The Morgan fingerprint density at radius 2 is 1.72 bits per heavy atom. The van der Waals surface area contributed by atoms with Crippen LogP contribution < -0.4 is 10.1 Å². The van der Waals surface area contributed by atoms with Crippen LogP contribution in [0.25, 0.3) is 0 Å². The second kappa shape index (κ2) is 10.3. The zero-order valence-corrected chi connectivity index (χ0v) is 17.4. The summed E-state index contributed by atoms with van der Waals surface area (Å²) in [5.74, 6) is 2.62. The van der Waals surface area contributed by atoms with Gasteiger partial charge in [0.15, 0.2) is 0 Å². The fraction of sp³-hybridized carbons (Fsp3) is 0.333. The Balaban J connectivity index is 2.16. The number of ether oxygens (including phenoxy) is 1. The number of amides is 2. The molecule has 152 valence electrons. The molecule has 5 nitrogen and oxygen atoms in total. The average molecular weight is 392 g/mol. The Labute approximate surface area is 173 Å². The topological polar surface area (TPSA) is 58.6 Å². The molecule has 1 atom stereocenters. The van der Waals surface area contributed by atoms with Crippen LogP contribution in [0.2, 0.25) is 0 Å². The van der Waals surface area contributed by atoms with Crippen LogP contribution in [0.15, 0.2) is 48.5 Å². The van der Waals surface area contributed by atoms with Crippen molar-refractivity contribution in [1.82, 2.24) is 10.2 Å². The summed E-state index contributed by atoms with van der Waals surface area (Å²) in [7, 11) is 1.57. The quantitative estimate of drug-likeness (QED) is 0.701. The zero-order valence-electron chi connectivity index (χ0n) is 17.4. The molecule has 0 saturated carbocycles. The molecule has 29 heavy (non-hydrogen) atoms. The molecular formula is C24H28N2O3. The third kappa shape index (κ3) is 6.11. The smallest absolute Gasteiger partial charge is 0.251 e. The molecule has 5 heteroatoms. The third-order valence-electron chi connectivity index (χ3n) is 4.66. The lowest BCUT2D eigenvalue weighted by Gasteiger charge is -2.29. The van der Waals surface area contributed by atoms with Gasteiger partial charge in [0.25, 0.3) is 5.91 Å². The molecule has 1 N–H and O–H groups in total. The highest BCUT2D eigenvalue weighted by atomic mass is 16.5. The van der Waals surface area contributed by atoms with Gasteiger partial charge in [-0.25, -0.2) is 0 Å². The van der Waals surface area contributed by atoms with Gasteiger partial charge in [-0.15, -0.1) is 6.42 Å². The fourth-order valence-electron chi connectivity index (χ4n) is 2.91. The van der Waals surface area contributed by atoms with Gasteiger partial charge in [0.2, 0.25) is 5.91 Å². The summed E-state index contributed by atoms with van der Waals surface area (Å²) in [6.07, 6.45) is 5.50. The molecule has 2 amide bonds. The Kier molecular flexibility index (Phi) is 7.85. The van der Waals surface area contributed by atoms with E-state index in [-0.39, 0.29) is 24.3 Å². The first kappa shape index (κ1) is 22.0. The van der Waals surface area contributed by atoms with Crippen molar-refractivity contribution in [2.24, 2.45) is 5.92 Å². The standard InChI is InChI=1S/C24H28N2O3/c1-6-15-26(16-19-9-7-18(4)8-10-19)24(28)22(17(2)3)25-23(27)20-11-13-21(29-5)14-12-20/h1,7-14,17,22H,15-16H2,2-5H3,(H,25,27). The molecular weight excluding hydrogens is 364 g/mol. The fourth-order valence-corrected chi connectivity index (χ4v) is 2.91. The molecule has 0 fully saturated rings. The summed E-state index contributed by atoms with van der Waals surface area (Å²) in [4.78, 5) is 27.5. The zero-order chi connectivity index (χ0) is 21.4. The van der Waals surface area contributed by atoms with Crippen molar-refractivity contribution < 1.29 is 14.3 Å². The summed E-state index contributed by atoms with van der Waals surface area (Å²) in [6, 6.07) is 14.0. The number of terminal acetylenes is 1. The minimum absolute atomic E-state index is 0.0945. The Hall–Kier alpha value is -3.26. The number of benzene rings is 2. The maximum absolute atomic E-state index is 13.2. The van der Waals surface area contributed by atoms with Crippen molar-refractivity contribution in [2.45, 2.75) is 33.4 Å². The summed E-state index contributed by atoms with van der Waals surface area (Å²) < 4.78 is 5.12. The molecule has 0 heterocycles. The van der Waals surface area contributed by atoms with Crippen molar-refractivity contribution >= 4 is 11.8 Å². The van der Waals surface area contributed by atoms with Crippen LogP contribution in [-0.4, -0.2) is 36.4 Å². The summed E-state index contributed by atoms with van der Waals surface area (Å²) in [6.45, 7) is 6.38. The highest BCUT2D eigenvalue weighted by Gasteiger charge is 2.28. The van der Waals surface area contributed by atoms with Gasteiger partial charge in [-0.2, -0.15) is 0 Å². The van der Waals surface area contributed by atoms with E-state index >= 15 is 0 Å².